The van der Waals surface area contributed by atoms with Gasteiger partial charge in [-0.1, -0.05) is 18.2 Å². The normalized spacial score (nSPS) is 11.9. The summed E-state index contributed by atoms with van der Waals surface area (Å²) in [5, 5.41) is 3.06. The second-order valence-electron chi connectivity index (χ2n) is 4.59. The molecule has 0 saturated carbocycles. The molecule has 1 aromatic heterocycles. The molecule has 0 aliphatic heterocycles. The lowest BCUT2D eigenvalue weighted by Gasteiger charge is -2.09. The number of anilines is 1. The van der Waals surface area contributed by atoms with Crippen LogP contribution in [-0.2, 0) is 6.18 Å². The summed E-state index contributed by atoms with van der Waals surface area (Å²) in [6.07, 6.45) is 0.158. The second-order valence-corrected chi connectivity index (χ2v) is 4.59. The van der Waals surface area contributed by atoms with E-state index in [-0.39, 0.29) is 5.69 Å². The summed E-state index contributed by atoms with van der Waals surface area (Å²) in [6, 6.07) is 7.77. The van der Waals surface area contributed by atoms with Crippen LogP contribution in [0.5, 0.6) is 0 Å². The minimum atomic E-state index is -4.36. The number of alkyl halides is 3. The molecule has 1 heterocycles. The molecule has 5 heteroatoms. The van der Waals surface area contributed by atoms with Gasteiger partial charge in [0.1, 0.15) is 0 Å². The highest BCUT2D eigenvalue weighted by Crippen LogP contribution is 2.29. The molecule has 0 fully saturated rings. The fourth-order valence-electron chi connectivity index (χ4n) is 2.00. The standard InChI is InChI=1S/C16H15F3N2/c1-11-4-3-5-15(20-2)14(11)7-6-13-10-12(8-9-21-13)16(17,18)19/h3-10,20H,1-2H3/b7-6+. The Morgan fingerprint density at radius 2 is 1.90 bits per heavy atom. The van der Waals surface area contributed by atoms with Crippen LogP contribution in [-0.4, -0.2) is 12.0 Å². The summed E-state index contributed by atoms with van der Waals surface area (Å²) in [5.41, 5.74) is 2.45. The highest BCUT2D eigenvalue weighted by molar-refractivity contribution is 5.77. The van der Waals surface area contributed by atoms with Gasteiger partial charge in [-0.3, -0.25) is 4.98 Å². The van der Waals surface area contributed by atoms with E-state index in [1.165, 1.54) is 6.20 Å². The molecule has 0 atom stereocenters. The Morgan fingerprint density at radius 3 is 2.57 bits per heavy atom. The second kappa shape index (κ2) is 5.99. The Balaban J connectivity index is 2.35. The molecule has 0 amide bonds. The molecular weight excluding hydrogens is 277 g/mol. The van der Waals surface area contributed by atoms with Crippen LogP contribution < -0.4 is 5.32 Å². The van der Waals surface area contributed by atoms with Crippen LogP contribution in [0.3, 0.4) is 0 Å². The molecule has 1 N–H and O–H groups in total. The number of benzene rings is 1. The molecule has 21 heavy (non-hydrogen) atoms. The van der Waals surface area contributed by atoms with Crippen LogP contribution in [0.25, 0.3) is 12.2 Å². The largest absolute Gasteiger partial charge is 0.416 e. The van der Waals surface area contributed by atoms with Crippen molar-refractivity contribution >= 4 is 17.8 Å². The summed E-state index contributed by atoms with van der Waals surface area (Å²) < 4.78 is 38.0. The highest BCUT2D eigenvalue weighted by atomic mass is 19.4. The van der Waals surface area contributed by atoms with Crippen molar-refractivity contribution in [1.29, 1.82) is 0 Å². The molecule has 110 valence electrons. The van der Waals surface area contributed by atoms with Crippen LogP contribution in [0.15, 0.2) is 36.5 Å². The summed E-state index contributed by atoms with van der Waals surface area (Å²) in [5.74, 6) is 0. The van der Waals surface area contributed by atoms with Crippen molar-refractivity contribution in [1.82, 2.24) is 4.98 Å². The van der Waals surface area contributed by atoms with Crippen molar-refractivity contribution in [2.24, 2.45) is 0 Å². The van der Waals surface area contributed by atoms with E-state index in [0.29, 0.717) is 0 Å². The lowest BCUT2D eigenvalue weighted by atomic mass is 10.1. The smallest absolute Gasteiger partial charge is 0.388 e. The number of aryl methyl sites for hydroxylation is 1. The van der Waals surface area contributed by atoms with E-state index in [2.05, 4.69) is 10.3 Å². The molecule has 2 rings (SSSR count). The topological polar surface area (TPSA) is 24.9 Å². The maximum Gasteiger partial charge on any atom is 0.416 e. The number of nitrogens with zero attached hydrogens (tertiary/aromatic N) is 1. The monoisotopic (exact) mass is 292 g/mol. The van der Waals surface area contributed by atoms with Gasteiger partial charge < -0.3 is 5.32 Å². The quantitative estimate of drug-likeness (QED) is 0.892. The van der Waals surface area contributed by atoms with Crippen molar-refractivity contribution in [2.75, 3.05) is 12.4 Å². The van der Waals surface area contributed by atoms with E-state index >= 15 is 0 Å². The van der Waals surface area contributed by atoms with Gasteiger partial charge in [0.2, 0.25) is 0 Å². The SMILES string of the molecule is CNc1cccc(C)c1/C=C/c1cc(C(F)(F)F)ccn1. The van der Waals surface area contributed by atoms with Gasteiger partial charge in [-0.25, -0.2) is 0 Å². The van der Waals surface area contributed by atoms with Crippen molar-refractivity contribution in [3.8, 4) is 0 Å². The highest BCUT2D eigenvalue weighted by Gasteiger charge is 2.30. The van der Waals surface area contributed by atoms with Crippen LogP contribution in [0.4, 0.5) is 18.9 Å². The first-order valence-electron chi connectivity index (χ1n) is 6.40. The van der Waals surface area contributed by atoms with Crippen molar-refractivity contribution in [3.05, 3.63) is 58.9 Å². The number of rotatable bonds is 3. The molecule has 0 unspecified atom stereocenters. The first-order valence-corrected chi connectivity index (χ1v) is 6.40. The Labute approximate surface area is 121 Å². The van der Waals surface area contributed by atoms with Gasteiger partial charge >= 0.3 is 6.18 Å². The zero-order chi connectivity index (χ0) is 15.5. The van der Waals surface area contributed by atoms with Crippen molar-refractivity contribution < 1.29 is 13.2 Å². The van der Waals surface area contributed by atoms with E-state index in [1.807, 2.05) is 25.1 Å². The van der Waals surface area contributed by atoms with Crippen LogP contribution in [0, 0.1) is 6.92 Å². The molecule has 0 radical (unpaired) electrons. The predicted molar refractivity (Wildman–Crippen MR) is 78.9 cm³/mol. The predicted octanol–water partition coefficient (Wildman–Crippen LogP) is 4.62. The third-order valence-corrected chi connectivity index (χ3v) is 3.12. The minimum absolute atomic E-state index is 0.273. The maximum absolute atomic E-state index is 12.7. The lowest BCUT2D eigenvalue weighted by molar-refractivity contribution is -0.137. The van der Waals surface area contributed by atoms with Gasteiger partial charge in [0, 0.05) is 24.5 Å². The fraction of sp³-hybridized carbons (Fsp3) is 0.188. The molecule has 0 aliphatic rings. The number of hydrogen-bond donors (Lipinski definition) is 1. The number of nitrogens with one attached hydrogen (secondary N) is 1. The molecule has 2 aromatic rings. The molecular formula is C16H15F3N2. The van der Waals surface area contributed by atoms with Gasteiger partial charge in [-0.2, -0.15) is 13.2 Å². The third kappa shape index (κ3) is 3.62. The molecule has 0 saturated heterocycles. The van der Waals surface area contributed by atoms with E-state index in [9.17, 15) is 13.2 Å². The molecule has 0 bridgehead atoms. The Bertz CT molecular complexity index is 661. The number of hydrogen-bond acceptors (Lipinski definition) is 2. The average Bonchev–Trinajstić information content (AvgIpc) is 2.45. The van der Waals surface area contributed by atoms with Gasteiger partial charge in [-0.05, 0) is 36.8 Å². The summed E-state index contributed by atoms with van der Waals surface area (Å²) in [4.78, 5) is 3.95. The van der Waals surface area contributed by atoms with Crippen LogP contribution >= 0.6 is 0 Å². The van der Waals surface area contributed by atoms with Gasteiger partial charge in [0.05, 0.1) is 11.3 Å². The molecule has 0 spiro atoms. The maximum atomic E-state index is 12.7. The van der Waals surface area contributed by atoms with E-state index in [1.54, 1.807) is 19.2 Å². The Hall–Kier alpha value is -2.30. The lowest BCUT2D eigenvalue weighted by Crippen LogP contribution is -2.05. The van der Waals surface area contributed by atoms with Gasteiger partial charge in [0.25, 0.3) is 0 Å². The van der Waals surface area contributed by atoms with E-state index in [0.717, 1.165) is 28.9 Å². The first-order chi connectivity index (χ1) is 9.91. The Kier molecular flexibility index (Phi) is 4.31. The molecule has 0 aliphatic carbocycles. The molecule has 2 nitrogen and oxygen atoms in total. The number of pyridine rings is 1. The third-order valence-electron chi connectivity index (χ3n) is 3.12. The number of halogens is 3. The zero-order valence-corrected chi connectivity index (χ0v) is 11.7. The van der Waals surface area contributed by atoms with Crippen molar-refractivity contribution in [2.45, 2.75) is 13.1 Å². The van der Waals surface area contributed by atoms with Crippen LogP contribution in [0.1, 0.15) is 22.4 Å². The fourth-order valence-corrected chi connectivity index (χ4v) is 2.00. The van der Waals surface area contributed by atoms with E-state index in [4.69, 9.17) is 0 Å². The van der Waals surface area contributed by atoms with E-state index < -0.39 is 11.7 Å². The zero-order valence-electron chi connectivity index (χ0n) is 11.7. The van der Waals surface area contributed by atoms with Crippen LogP contribution in [0.2, 0.25) is 0 Å². The average molecular weight is 292 g/mol. The Morgan fingerprint density at radius 1 is 1.14 bits per heavy atom. The first kappa shape index (κ1) is 15.1. The number of aromatic nitrogens is 1. The van der Waals surface area contributed by atoms with Gasteiger partial charge in [-0.15, -0.1) is 0 Å². The summed E-state index contributed by atoms with van der Waals surface area (Å²) >= 11 is 0. The van der Waals surface area contributed by atoms with Gasteiger partial charge in [0.15, 0.2) is 0 Å². The van der Waals surface area contributed by atoms with Crippen molar-refractivity contribution in [3.63, 3.8) is 0 Å². The summed E-state index contributed by atoms with van der Waals surface area (Å²) in [7, 11) is 1.80. The summed E-state index contributed by atoms with van der Waals surface area (Å²) in [6.45, 7) is 1.94. The molecule has 1 aromatic carbocycles. The minimum Gasteiger partial charge on any atom is -0.388 e.